The SMILES string of the molecule is COc1cccc(NC2CCN(CCN3CCCCC3)CC2)c1. The Hall–Kier alpha value is -1.26. The molecular formula is C19H31N3O. The summed E-state index contributed by atoms with van der Waals surface area (Å²) < 4.78 is 5.30. The molecule has 0 atom stereocenters. The number of benzene rings is 1. The molecule has 1 aromatic carbocycles. The summed E-state index contributed by atoms with van der Waals surface area (Å²) in [7, 11) is 1.72. The van der Waals surface area contributed by atoms with Crippen LogP contribution >= 0.6 is 0 Å². The van der Waals surface area contributed by atoms with E-state index in [9.17, 15) is 0 Å². The van der Waals surface area contributed by atoms with E-state index in [0.717, 1.165) is 5.75 Å². The van der Waals surface area contributed by atoms with Crippen molar-refractivity contribution in [3.8, 4) is 5.75 Å². The fourth-order valence-electron chi connectivity index (χ4n) is 3.72. The monoisotopic (exact) mass is 317 g/mol. The number of likely N-dealkylation sites (tertiary alicyclic amines) is 2. The molecule has 2 fully saturated rings. The standard InChI is InChI=1S/C19H31N3O/c1-23-19-7-5-6-18(16-19)20-17-8-12-22(13-9-17)15-14-21-10-3-2-4-11-21/h5-7,16-17,20H,2-4,8-15H2,1H3. The normalized spacial score (nSPS) is 21.3. The maximum absolute atomic E-state index is 5.30. The third-order valence-electron chi connectivity index (χ3n) is 5.21. The van der Waals surface area contributed by atoms with Gasteiger partial charge in [0, 0.05) is 44.0 Å². The van der Waals surface area contributed by atoms with E-state index in [0.29, 0.717) is 6.04 Å². The molecule has 2 aliphatic heterocycles. The summed E-state index contributed by atoms with van der Waals surface area (Å²) in [5.74, 6) is 0.925. The molecule has 1 N–H and O–H groups in total. The highest BCUT2D eigenvalue weighted by molar-refractivity contribution is 5.48. The number of anilines is 1. The predicted octanol–water partition coefficient (Wildman–Crippen LogP) is 3.06. The number of nitrogens with one attached hydrogen (secondary N) is 1. The molecule has 3 rings (SSSR count). The maximum atomic E-state index is 5.30. The lowest BCUT2D eigenvalue weighted by Gasteiger charge is -2.35. The molecule has 2 heterocycles. The largest absolute Gasteiger partial charge is 0.497 e. The average molecular weight is 317 g/mol. The van der Waals surface area contributed by atoms with Gasteiger partial charge < -0.3 is 19.9 Å². The van der Waals surface area contributed by atoms with E-state index in [1.807, 2.05) is 6.07 Å². The number of hydrogen-bond acceptors (Lipinski definition) is 4. The molecule has 1 aromatic rings. The third kappa shape index (κ3) is 5.11. The predicted molar refractivity (Wildman–Crippen MR) is 96.4 cm³/mol. The highest BCUT2D eigenvalue weighted by atomic mass is 16.5. The maximum Gasteiger partial charge on any atom is 0.120 e. The van der Waals surface area contributed by atoms with Crippen LogP contribution in [-0.2, 0) is 0 Å². The van der Waals surface area contributed by atoms with Crippen molar-refractivity contribution in [2.45, 2.75) is 38.1 Å². The molecule has 0 aromatic heterocycles. The second kappa shape index (κ2) is 8.55. The lowest BCUT2D eigenvalue weighted by atomic mass is 10.0. The van der Waals surface area contributed by atoms with Gasteiger partial charge in [0.25, 0.3) is 0 Å². The Bertz CT molecular complexity index is 465. The van der Waals surface area contributed by atoms with Crippen LogP contribution < -0.4 is 10.1 Å². The third-order valence-corrected chi connectivity index (χ3v) is 5.21. The molecule has 0 aliphatic carbocycles. The van der Waals surface area contributed by atoms with Crippen LogP contribution in [0.1, 0.15) is 32.1 Å². The number of nitrogens with zero attached hydrogens (tertiary/aromatic N) is 2. The molecule has 0 radical (unpaired) electrons. The van der Waals surface area contributed by atoms with Gasteiger partial charge in [-0.25, -0.2) is 0 Å². The van der Waals surface area contributed by atoms with Crippen LogP contribution in [-0.4, -0.2) is 62.2 Å². The molecule has 2 saturated heterocycles. The van der Waals surface area contributed by atoms with Crippen LogP contribution in [0.3, 0.4) is 0 Å². The topological polar surface area (TPSA) is 27.7 Å². The van der Waals surface area contributed by atoms with Crippen LogP contribution in [0.2, 0.25) is 0 Å². The fourth-order valence-corrected chi connectivity index (χ4v) is 3.72. The number of hydrogen-bond donors (Lipinski definition) is 1. The van der Waals surface area contributed by atoms with E-state index in [1.54, 1.807) is 7.11 Å². The van der Waals surface area contributed by atoms with Crippen LogP contribution in [0.15, 0.2) is 24.3 Å². The van der Waals surface area contributed by atoms with E-state index in [4.69, 9.17) is 4.74 Å². The van der Waals surface area contributed by atoms with Crippen molar-refractivity contribution in [3.63, 3.8) is 0 Å². The van der Waals surface area contributed by atoms with Gasteiger partial charge >= 0.3 is 0 Å². The van der Waals surface area contributed by atoms with E-state index in [1.165, 1.54) is 77.1 Å². The van der Waals surface area contributed by atoms with Gasteiger partial charge in [0.1, 0.15) is 5.75 Å². The molecule has 4 nitrogen and oxygen atoms in total. The Balaban J connectivity index is 1.37. The van der Waals surface area contributed by atoms with Gasteiger partial charge in [-0.2, -0.15) is 0 Å². The van der Waals surface area contributed by atoms with Gasteiger partial charge in [-0.15, -0.1) is 0 Å². The van der Waals surface area contributed by atoms with Crippen molar-refractivity contribution in [2.75, 3.05) is 51.7 Å². The number of ether oxygens (including phenoxy) is 1. The van der Waals surface area contributed by atoms with Crippen LogP contribution in [0.4, 0.5) is 5.69 Å². The van der Waals surface area contributed by atoms with Crippen molar-refractivity contribution in [2.24, 2.45) is 0 Å². The summed E-state index contributed by atoms with van der Waals surface area (Å²) in [6, 6.07) is 8.85. The summed E-state index contributed by atoms with van der Waals surface area (Å²) in [6.45, 7) is 7.56. The molecule has 0 amide bonds. The quantitative estimate of drug-likeness (QED) is 0.873. The first-order valence-corrected chi connectivity index (χ1v) is 9.19. The summed E-state index contributed by atoms with van der Waals surface area (Å²) in [5, 5.41) is 3.66. The van der Waals surface area contributed by atoms with Crippen LogP contribution in [0, 0.1) is 0 Å². The summed E-state index contributed by atoms with van der Waals surface area (Å²) in [5.41, 5.74) is 1.18. The zero-order chi connectivity index (χ0) is 15.9. The van der Waals surface area contributed by atoms with Crippen molar-refractivity contribution in [1.82, 2.24) is 9.80 Å². The number of rotatable bonds is 6. The zero-order valence-electron chi connectivity index (χ0n) is 14.5. The van der Waals surface area contributed by atoms with Crippen LogP contribution in [0.5, 0.6) is 5.75 Å². The summed E-state index contributed by atoms with van der Waals surface area (Å²) in [4.78, 5) is 5.28. The lowest BCUT2D eigenvalue weighted by Crippen LogP contribution is -2.43. The first kappa shape index (κ1) is 16.6. The van der Waals surface area contributed by atoms with Crippen molar-refractivity contribution < 1.29 is 4.74 Å². The van der Waals surface area contributed by atoms with Crippen molar-refractivity contribution in [1.29, 1.82) is 0 Å². The van der Waals surface area contributed by atoms with Crippen molar-refractivity contribution >= 4 is 5.69 Å². The van der Waals surface area contributed by atoms with Gasteiger partial charge in [-0.3, -0.25) is 0 Å². The highest BCUT2D eigenvalue weighted by Crippen LogP contribution is 2.21. The summed E-state index contributed by atoms with van der Waals surface area (Å²) >= 11 is 0. The smallest absolute Gasteiger partial charge is 0.120 e. The minimum Gasteiger partial charge on any atom is -0.497 e. The van der Waals surface area contributed by atoms with E-state index < -0.39 is 0 Å². The molecule has 0 spiro atoms. The minimum atomic E-state index is 0.591. The van der Waals surface area contributed by atoms with Gasteiger partial charge in [0.2, 0.25) is 0 Å². The van der Waals surface area contributed by atoms with E-state index in [-0.39, 0.29) is 0 Å². The van der Waals surface area contributed by atoms with E-state index in [2.05, 4.69) is 33.3 Å². The lowest BCUT2D eigenvalue weighted by molar-refractivity contribution is 0.162. The number of piperidine rings is 2. The molecule has 128 valence electrons. The Morgan fingerprint density at radius 2 is 1.70 bits per heavy atom. The Morgan fingerprint density at radius 1 is 1.00 bits per heavy atom. The Kier molecular flexibility index (Phi) is 6.17. The van der Waals surface area contributed by atoms with Gasteiger partial charge in [0.05, 0.1) is 7.11 Å². The Morgan fingerprint density at radius 3 is 2.39 bits per heavy atom. The highest BCUT2D eigenvalue weighted by Gasteiger charge is 2.20. The molecule has 4 heteroatoms. The first-order chi connectivity index (χ1) is 11.3. The number of methoxy groups -OCH3 is 1. The molecular weight excluding hydrogens is 286 g/mol. The molecule has 2 aliphatic rings. The molecule has 0 bridgehead atoms. The van der Waals surface area contributed by atoms with Crippen molar-refractivity contribution in [3.05, 3.63) is 24.3 Å². The van der Waals surface area contributed by atoms with Gasteiger partial charge in [0.15, 0.2) is 0 Å². The second-order valence-electron chi connectivity index (χ2n) is 6.89. The molecule has 0 saturated carbocycles. The zero-order valence-corrected chi connectivity index (χ0v) is 14.5. The van der Waals surface area contributed by atoms with Gasteiger partial charge in [-0.1, -0.05) is 12.5 Å². The second-order valence-corrected chi connectivity index (χ2v) is 6.89. The van der Waals surface area contributed by atoms with E-state index >= 15 is 0 Å². The van der Waals surface area contributed by atoms with Gasteiger partial charge in [-0.05, 0) is 50.9 Å². The fraction of sp³-hybridized carbons (Fsp3) is 0.684. The van der Waals surface area contributed by atoms with Crippen LogP contribution in [0.25, 0.3) is 0 Å². The molecule has 0 unspecified atom stereocenters. The minimum absolute atomic E-state index is 0.591. The Labute approximate surface area is 140 Å². The molecule has 23 heavy (non-hydrogen) atoms. The first-order valence-electron chi connectivity index (χ1n) is 9.19. The summed E-state index contributed by atoms with van der Waals surface area (Å²) in [6.07, 6.45) is 6.69. The average Bonchev–Trinajstić information content (AvgIpc) is 2.62.